The molecule has 0 atom stereocenters. The van der Waals surface area contributed by atoms with Gasteiger partial charge in [-0.3, -0.25) is 0 Å². The highest BCUT2D eigenvalue weighted by atomic mass is 79.9. The van der Waals surface area contributed by atoms with Crippen LogP contribution in [0.5, 0.6) is 5.75 Å². The molecular formula is C19H18BrNO2. The number of benzene rings is 2. The molecule has 0 aliphatic heterocycles. The molecule has 2 aromatic carbocycles. The van der Waals surface area contributed by atoms with Crippen LogP contribution in [-0.4, -0.2) is 0 Å². The predicted molar refractivity (Wildman–Crippen MR) is 95.5 cm³/mol. The molecule has 0 amide bonds. The van der Waals surface area contributed by atoms with E-state index in [1.165, 1.54) is 0 Å². The fourth-order valence-electron chi connectivity index (χ4n) is 2.62. The van der Waals surface area contributed by atoms with Gasteiger partial charge in [0.15, 0.2) is 6.20 Å². The van der Waals surface area contributed by atoms with Crippen LogP contribution < -0.4 is 9.47 Å². The average Bonchev–Trinajstić information content (AvgIpc) is 2.53. The molecule has 1 heterocycles. The first-order valence-electron chi connectivity index (χ1n) is 7.58. The molecule has 0 bridgehead atoms. The Kier molecular flexibility index (Phi) is 4.53. The molecule has 4 heteroatoms. The van der Waals surface area contributed by atoms with Gasteiger partial charge in [-0.05, 0) is 39.7 Å². The first-order chi connectivity index (χ1) is 11.1. The Morgan fingerprint density at radius 1 is 1.13 bits per heavy atom. The average molecular weight is 372 g/mol. The van der Waals surface area contributed by atoms with Crippen LogP contribution in [-0.2, 0) is 6.61 Å². The minimum Gasteiger partial charge on any atom is -0.618 e. The number of hydrogen-bond acceptors (Lipinski definition) is 2. The predicted octanol–water partition coefficient (Wildman–Crippen LogP) is 4.94. The highest BCUT2D eigenvalue weighted by Gasteiger charge is 2.19. The third-order valence-corrected chi connectivity index (χ3v) is 4.61. The Balaban J connectivity index is 1.92. The van der Waals surface area contributed by atoms with Crippen LogP contribution in [0.4, 0.5) is 0 Å². The lowest BCUT2D eigenvalue weighted by Gasteiger charge is -2.13. The molecule has 3 rings (SSSR count). The summed E-state index contributed by atoms with van der Waals surface area (Å²) in [5.74, 6) is 0.908. The van der Waals surface area contributed by atoms with Gasteiger partial charge in [0.25, 0.3) is 0 Å². The van der Waals surface area contributed by atoms with Gasteiger partial charge in [0.1, 0.15) is 12.4 Å². The summed E-state index contributed by atoms with van der Waals surface area (Å²) in [6, 6.07) is 15.9. The van der Waals surface area contributed by atoms with Gasteiger partial charge in [-0.25, -0.2) is 0 Å². The standard InChI is InChI=1S/C19H18BrNO2/c1-13(2)19-18(20)17-9-8-16(10-15(17)11-21(19)22)23-12-14-6-4-3-5-7-14/h3-11,13H,12H2,1-2H3. The second kappa shape index (κ2) is 6.59. The summed E-state index contributed by atoms with van der Waals surface area (Å²) in [5.41, 5.74) is 1.86. The molecule has 118 valence electrons. The van der Waals surface area contributed by atoms with Gasteiger partial charge in [-0.15, -0.1) is 0 Å². The summed E-state index contributed by atoms with van der Waals surface area (Å²) in [7, 11) is 0. The van der Waals surface area contributed by atoms with Gasteiger partial charge in [0.05, 0.1) is 9.86 Å². The van der Waals surface area contributed by atoms with Crippen LogP contribution in [0.2, 0.25) is 0 Å². The van der Waals surface area contributed by atoms with Crippen molar-refractivity contribution in [3.63, 3.8) is 0 Å². The van der Waals surface area contributed by atoms with Crippen LogP contribution in [0, 0.1) is 5.21 Å². The summed E-state index contributed by atoms with van der Waals surface area (Å²) in [5, 5.41) is 14.1. The van der Waals surface area contributed by atoms with Gasteiger partial charge < -0.3 is 9.94 Å². The van der Waals surface area contributed by atoms with Crippen molar-refractivity contribution < 1.29 is 9.47 Å². The highest BCUT2D eigenvalue weighted by molar-refractivity contribution is 9.10. The van der Waals surface area contributed by atoms with Crippen LogP contribution in [0.1, 0.15) is 31.0 Å². The third kappa shape index (κ3) is 3.32. The van der Waals surface area contributed by atoms with E-state index in [1.807, 2.05) is 62.4 Å². The summed E-state index contributed by atoms with van der Waals surface area (Å²) in [4.78, 5) is 0. The molecule has 0 radical (unpaired) electrons. The summed E-state index contributed by atoms with van der Waals surface area (Å²) in [6.07, 6.45) is 1.62. The normalized spacial score (nSPS) is 11.1. The van der Waals surface area contributed by atoms with Crippen LogP contribution in [0.3, 0.4) is 0 Å². The zero-order valence-electron chi connectivity index (χ0n) is 13.1. The summed E-state index contributed by atoms with van der Waals surface area (Å²) in [6.45, 7) is 4.53. The highest BCUT2D eigenvalue weighted by Crippen LogP contribution is 2.31. The molecule has 0 unspecified atom stereocenters. The number of ether oxygens (including phenoxy) is 1. The molecule has 0 saturated carbocycles. The zero-order chi connectivity index (χ0) is 16.4. The maximum absolute atomic E-state index is 12.2. The summed E-state index contributed by atoms with van der Waals surface area (Å²) >= 11 is 3.57. The van der Waals surface area contributed by atoms with E-state index < -0.39 is 0 Å². The van der Waals surface area contributed by atoms with E-state index in [2.05, 4.69) is 15.9 Å². The van der Waals surface area contributed by atoms with Crippen molar-refractivity contribution in [2.75, 3.05) is 0 Å². The fraction of sp³-hybridized carbons (Fsp3) is 0.211. The first kappa shape index (κ1) is 15.8. The maximum Gasteiger partial charge on any atom is 0.210 e. The Labute approximate surface area is 144 Å². The van der Waals surface area contributed by atoms with E-state index in [-0.39, 0.29) is 5.92 Å². The lowest BCUT2D eigenvalue weighted by Crippen LogP contribution is -2.32. The lowest BCUT2D eigenvalue weighted by molar-refractivity contribution is -0.614. The van der Waals surface area contributed by atoms with Crippen LogP contribution in [0.25, 0.3) is 10.8 Å². The van der Waals surface area contributed by atoms with Crippen molar-refractivity contribution in [3.05, 3.63) is 75.7 Å². The molecule has 0 aliphatic rings. The SMILES string of the molecule is CC(C)c1c(Br)c2ccc(OCc3ccccc3)cc2c[n+]1[O-]. The fourth-order valence-corrected chi connectivity index (χ4v) is 3.61. The number of rotatable bonds is 4. The van der Waals surface area contributed by atoms with E-state index in [9.17, 15) is 5.21 Å². The van der Waals surface area contributed by atoms with Gasteiger partial charge in [0.2, 0.25) is 5.69 Å². The lowest BCUT2D eigenvalue weighted by atomic mass is 10.1. The molecule has 0 spiro atoms. The van der Waals surface area contributed by atoms with E-state index >= 15 is 0 Å². The molecular weight excluding hydrogens is 354 g/mol. The Morgan fingerprint density at radius 3 is 2.57 bits per heavy atom. The third-order valence-electron chi connectivity index (χ3n) is 3.77. The largest absolute Gasteiger partial charge is 0.618 e. The first-order valence-corrected chi connectivity index (χ1v) is 8.37. The monoisotopic (exact) mass is 371 g/mol. The number of nitrogens with zero attached hydrogens (tertiary/aromatic N) is 1. The Hall–Kier alpha value is -2.07. The number of halogens is 1. The number of fused-ring (bicyclic) bond motifs is 1. The van der Waals surface area contributed by atoms with Crippen LogP contribution >= 0.6 is 15.9 Å². The smallest absolute Gasteiger partial charge is 0.210 e. The van der Waals surface area contributed by atoms with Crippen molar-refractivity contribution in [2.45, 2.75) is 26.4 Å². The summed E-state index contributed by atoms with van der Waals surface area (Å²) < 4.78 is 7.63. The number of pyridine rings is 1. The number of aromatic nitrogens is 1. The van der Waals surface area contributed by atoms with Gasteiger partial charge in [-0.2, -0.15) is 4.73 Å². The maximum atomic E-state index is 12.2. The van der Waals surface area contributed by atoms with Crippen molar-refractivity contribution in [1.82, 2.24) is 0 Å². The van der Waals surface area contributed by atoms with E-state index in [1.54, 1.807) is 6.20 Å². The molecule has 0 saturated heterocycles. The molecule has 3 aromatic rings. The quantitative estimate of drug-likeness (QED) is 0.481. The number of hydrogen-bond donors (Lipinski definition) is 0. The Bertz CT molecular complexity index is 832. The molecule has 0 N–H and O–H groups in total. The van der Waals surface area contributed by atoms with Gasteiger partial charge in [0, 0.05) is 11.3 Å². The van der Waals surface area contributed by atoms with Crippen LogP contribution in [0.15, 0.2) is 59.2 Å². The molecule has 0 fully saturated rings. The van der Waals surface area contributed by atoms with E-state index in [0.29, 0.717) is 6.61 Å². The second-order valence-electron chi connectivity index (χ2n) is 5.83. The minimum absolute atomic E-state index is 0.153. The molecule has 3 nitrogen and oxygen atoms in total. The molecule has 0 aliphatic carbocycles. The van der Waals surface area contributed by atoms with Crippen molar-refractivity contribution in [3.8, 4) is 5.75 Å². The van der Waals surface area contributed by atoms with Gasteiger partial charge >= 0.3 is 0 Å². The second-order valence-corrected chi connectivity index (χ2v) is 6.63. The van der Waals surface area contributed by atoms with Crippen molar-refractivity contribution in [2.24, 2.45) is 0 Å². The van der Waals surface area contributed by atoms with Crippen molar-refractivity contribution >= 4 is 26.7 Å². The zero-order valence-corrected chi connectivity index (χ0v) is 14.7. The van der Waals surface area contributed by atoms with E-state index in [4.69, 9.17) is 4.74 Å². The molecule has 1 aromatic heterocycles. The van der Waals surface area contributed by atoms with E-state index in [0.717, 1.165) is 37.0 Å². The molecule has 23 heavy (non-hydrogen) atoms. The minimum atomic E-state index is 0.153. The Morgan fingerprint density at radius 2 is 1.87 bits per heavy atom. The topological polar surface area (TPSA) is 36.2 Å². The van der Waals surface area contributed by atoms with Crippen molar-refractivity contribution in [1.29, 1.82) is 0 Å². The van der Waals surface area contributed by atoms with Gasteiger partial charge in [-0.1, -0.05) is 44.2 Å².